The van der Waals surface area contributed by atoms with Gasteiger partial charge in [0.1, 0.15) is 0 Å². The number of aliphatic hydroxyl groups excluding tert-OH is 1. The number of para-hydroxylation sites is 1. The number of benzene rings is 1. The first kappa shape index (κ1) is 14.5. The van der Waals surface area contributed by atoms with Crippen molar-refractivity contribution in [3.8, 4) is 0 Å². The van der Waals surface area contributed by atoms with Gasteiger partial charge in [-0.1, -0.05) is 26.0 Å². The number of hydrogen-bond acceptors (Lipinski definition) is 3. The standard InChI is InChI=1S/C15H18FNO3/c1-8(2)12(7-18)17-15(19)13-9(3)10-5-4-6-11(16)14(10)20-13/h4-6,8,12,18H,7H2,1-3H3,(H,17,19)/t12-/m1/s1. The van der Waals surface area contributed by atoms with Crippen LogP contribution in [-0.2, 0) is 0 Å². The smallest absolute Gasteiger partial charge is 0.287 e. The van der Waals surface area contributed by atoms with Crippen molar-refractivity contribution >= 4 is 16.9 Å². The van der Waals surface area contributed by atoms with Crippen LogP contribution in [0, 0.1) is 18.7 Å². The molecule has 0 radical (unpaired) electrons. The summed E-state index contributed by atoms with van der Waals surface area (Å²) in [5.74, 6) is -0.757. The maximum Gasteiger partial charge on any atom is 0.287 e. The number of furan rings is 1. The van der Waals surface area contributed by atoms with Gasteiger partial charge in [0.25, 0.3) is 5.91 Å². The van der Waals surface area contributed by atoms with Crippen LogP contribution in [-0.4, -0.2) is 23.7 Å². The molecule has 1 amide bonds. The summed E-state index contributed by atoms with van der Waals surface area (Å²) in [6, 6.07) is 4.21. The largest absolute Gasteiger partial charge is 0.448 e. The summed E-state index contributed by atoms with van der Waals surface area (Å²) >= 11 is 0. The first-order chi connectivity index (χ1) is 9.45. The molecule has 0 bridgehead atoms. The Hall–Kier alpha value is -1.88. The average Bonchev–Trinajstić information content (AvgIpc) is 2.75. The SMILES string of the molecule is Cc1c(C(=O)N[C@H](CO)C(C)C)oc2c(F)cccc12. The highest BCUT2D eigenvalue weighted by Crippen LogP contribution is 2.27. The number of carbonyl (C=O) groups is 1. The third-order valence-electron chi connectivity index (χ3n) is 3.44. The molecule has 108 valence electrons. The van der Waals surface area contributed by atoms with Gasteiger partial charge >= 0.3 is 0 Å². The van der Waals surface area contributed by atoms with Gasteiger partial charge < -0.3 is 14.8 Å². The molecule has 4 nitrogen and oxygen atoms in total. The molecular weight excluding hydrogens is 261 g/mol. The molecule has 20 heavy (non-hydrogen) atoms. The second-order valence-electron chi connectivity index (χ2n) is 5.18. The number of carbonyl (C=O) groups excluding carboxylic acids is 1. The van der Waals surface area contributed by atoms with Crippen LogP contribution in [0.1, 0.15) is 30.0 Å². The van der Waals surface area contributed by atoms with Crippen LogP contribution in [0.4, 0.5) is 4.39 Å². The summed E-state index contributed by atoms with van der Waals surface area (Å²) in [7, 11) is 0. The lowest BCUT2D eigenvalue weighted by atomic mass is 10.1. The van der Waals surface area contributed by atoms with Crippen molar-refractivity contribution < 1.29 is 18.7 Å². The van der Waals surface area contributed by atoms with Crippen LogP contribution in [0.3, 0.4) is 0 Å². The monoisotopic (exact) mass is 279 g/mol. The predicted octanol–water partition coefficient (Wildman–Crippen LogP) is 2.63. The van der Waals surface area contributed by atoms with Crippen LogP contribution in [0.15, 0.2) is 22.6 Å². The van der Waals surface area contributed by atoms with Crippen LogP contribution in [0.2, 0.25) is 0 Å². The Balaban J connectivity index is 2.36. The van der Waals surface area contributed by atoms with Gasteiger partial charge in [-0.15, -0.1) is 0 Å². The molecule has 0 aliphatic carbocycles. The van der Waals surface area contributed by atoms with Crippen LogP contribution >= 0.6 is 0 Å². The van der Waals surface area contributed by atoms with Gasteiger partial charge in [-0.2, -0.15) is 0 Å². The van der Waals surface area contributed by atoms with Gasteiger partial charge in [-0.25, -0.2) is 4.39 Å². The number of fused-ring (bicyclic) bond motifs is 1. The van der Waals surface area contributed by atoms with Crippen LogP contribution < -0.4 is 5.32 Å². The molecule has 0 saturated carbocycles. The Bertz CT molecular complexity index is 633. The van der Waals surface area contributed by atoms with E-state index in [9.17, 15) is 14.3 Å². The van der Waals surface area contributed by atoms with Gasteiger partial charge in [0.05, 0.1) is 12.6 Å². The Kier molecular flexibility index (Phi) is 4.09. The van der Waals surface area contributed by atoms with E-state index in [1.165, 1.54) is 6.07 Å². The van der Waals surface area contributed by atoms with Crippen molar-refractivity contribution in [3.05, 3.63) is 35.3 Å². The van der Waals surface area contributed by atoms with Crippen molar-refractivity contribution in [2.24, 2.45) is 5.92 Å². The van der Waals surface area contributed by atoms with E-state index in [0.29, 0.717) is 10.9 Å². The predicted molar refractivity (Wildman–Crippen MR) is 74.1 cm³/mol. The molecule has 1 aromatic heterocycles. The third-order valence-corrected chi connectivity index (χ3v) is 3.44. The van der Waals surface area contributed by atoms with Gasteiger partial charge in [0.2, 0.25) is 0 Å². The Morgan fingerprint density at radius 3 is 2.70 bits per heavy atom. The van der Waals surface area contributed by atoms with E-state index in [1.54, 1.807) is 19.1 Å². The minimum atomic E-state index is -0.493. The van der Waals surface area contributed by atoms with Gasteiger partial charge in [-0.3, -0.25) is 4.79 Å². The number of rotatable bonds is 4. The number of aryl methyl sites for hydroxylation is 1. The van der Waals surface area contributed by atoms with Crippen molar-refractivity contribution in [1.29, 1.82) is 0 Å². The lowest BCUT2D eigenvalue weighted by molar-refractivity contribution is 0.0870. The molecule has 0 aliphatic heterocycles. The molecule has 0 unspecified atom stereocenters. The lowest BCUT2D eigenvalue weighted by Gasteiger charge is -2.19. The minimum Gasteiger partial charge on any atom is -0.448 e. The highest BCUT2D eigenvalue weighted by molar-refractivity contribution is 5.99. The zero-order valence-electron chi connectivity index (χ0n) is 11.7. The van der Waals surface area contributed by atoms with E-state index in [1.807, 2.05) is 13.8 Å². The zero-order chi connectivity index (χ0) is 14.9. The summed E-state index contributed by atoms with van der Waals surface area (Å²) < 4.78 is 19.0. The topological polar surface area (TPSA) is 62.5 Å². The summed E-state index contributed by atoms with van der Waals surface area (Å²) in [6.45, 7) is 5.35. The van der Waals surface area contributed by atoms with Crippen molar-refractivity contribution in [2.45, 2.75) is 26.8 Å². The fourth-order valence-corrected chi connectivity index (χ4v) is 2.08. The maximum atomic E-state index is 13.6. The fraction of sp³-hybridized carbons (Fsp3) is 0.400. The Morgan fingerprint density at radius 2 is 2.15 bits per heavy atom. The molecule has 0 saturated heterocycles. The number of hydrogen-bond donors (Lipinski definition) is 2. The number of amides is 1. The molecule has 2 aromatic rings. The molecule has 1 atom stereocenters. The van der Waals surface area contributed by atoms with Crippen molar-refractivity contribution in [3.63, 3.8) is 0 Å². The van der Waals surface area contributed by atoms with E-state index < -0.39 is 11.7 Å². The number of halogens is 1. The fourth-order valence-electron chi connectivity index (χ4n) is 2.08. The van der Waals surface area contributed by atoms with Gasteiger partial charge in [0.15, 0.2) is 17.2 Å². The molecule has 1 aromatic carbocycles. The maximum absolute atomic E-state index is 13.6. The van der Waals surface area contributed by atoms with E-state index in [4.69, 9.17) is 4.42 Å². The highest BCUT2D eigenvalue weighted by Gasteiger charge is 2.22. The second-order valence-corrected chi connectivity index (χ2v) is 5.18. The summed E-state index contributed by atoms with van der Waals surface area (Å²) in [5.41, 5.74) is 0.678. The Labute approximate surface area is 116 Å². The molecular formula is C15H18FNO3. The van der Waals surface area contributed by atoms with Crippen molar-refractivity contribution in [1.82, 2.24) is 5.32 Å². The molecule has 0 aliphatic rings. The van der Waals surface area contributed by atoms with Crippen LogP contribution in [0.5, 0.6) is 0 Å². The Morgan fingerprint density at radius 1 is 1.45 bits per heavy atom. The quantitative estimate of drug-likeness (QED) is 0.904. The molecule has 1 heterocycles. The van der Waals surface area contributed by atoms with E-state index >= 15 is 0 Å². The summed E-state index contributed by atoms with van der Waals surface area (Å²) in [4.78, 5) is 12.2. The highest BCUT2D eigenvalue weighted by atomic mass is 19.1. The zero-order valence-corrected chi connectivity index (χ0v) is 11.7. The first-order valence-corrected chi connectivity index (χ1v) is 6.55. The molecule has 0 fully saturated rings. The minimum absolute atomic E-state index is 0.0836. The normalized spacial score (nSPS) is 12.9. The van der Waals surface area contributed by atoms with E-state index in [0.717, 1.165) is 0 Å². The molecule has 0 spiro atoms. The average molecular weight is 279 g/mol. The first-order valence-electron chi connectivity index (χ1n) is 6.55. The number of nitrogens with one attached hydrogen (secondary N) is 1. The van der Waals surface area contributed by atoms with Gasteiger partial charge in [0, 0.05) is 10.9 Å². The number of aliphatic hydroxyl groups is 1. The summed E-state index contributed by atoms with van der Waals surface area (Å²) in [5, 5.41) is 12.5. The van der Waals surface area contributed by atoms with E-state index in [2.05, 4.69) is 5.32 Å². The van der Waals surface area contributed by atoms with Crippen LogP contribution in [0.25, 0.3) is 11.0 Å². The van der Waals surface area contributed by atoms with Crippen molar-refractivity contribution in [2.75, 3.05) is 6.61 Å². The second kappa shape index (κ2) is 5.63. The van der Waals surface area contributed by atoms with E-state index in [-0.39, 0.29) is 29.9 Å². The lowest BCUT2D eigenvalue weighted by Crippen LogP contribution is -2.41. The molecule has 2 rings (SSSR count). The molecule has 2 N–H and O–H groups in total. The third kappa shape index (κ3) is 2.54. The van der Waals surface area contributed by atoms with Gasteiger partial charge in [-0.05, 0) is 18.9 Å². The molecule has 5 heteroatoms. The summed E-state index contributed by atoms with van der Waals surface area (Å²) in [6.07, 6.45) is 0.